The van der Waals surface area contributed by atoms with Crippen molar-refractivity contribution in [2.45, 2.75) is 26.9 Å². The van der Waals surface area contributed by atoms with Crippen molar-refractivity contribution >= 4 is 16.9 Å². The molecule has 2 aromatic rings. The second-order valence-corrected chi connectivity index (χ2v) is 4.06. The molecule has 96 valence electrons. The van der Waals surface area contributed by atoms with Crippen molar-refractivity contribution in [3.8, 4) is 0 Å². The number of aryl methyl sites for hydroxylation is 1. The van der Waals surface area contributed by atoms with E-state index in [1.807, 2.05) is 38.1 Å². The van der Waals surface area contributed by atoms with Gasteiger partial charge in [0.15, 0.2) is 0 Å². The monoisotopic (exact) mass is 247 g/mol. The van der Waals surface area contributed by atoms with Crippen molar-refractivity contribution < 1.29 is 4.79 Å². The molecule has 1 aromatic heterocycles. The first-order valence-electron chi connectivity index (χ1n) is 6.13. The number of carbonyl (C=O) groups excluding carboxylic acids is 1. The molecule has 5 heteroatoms. The van der Waals surface area contributed by atoms with Gasteiger partial charge in [0, 0.05) is 13.1 Å². The molecule has 1 heterocycles. The lowest BCUT2D eigenvalue weighted by Crippen LogP contribution is -2.32. The van der Waals surface area contributed by atoms with E-state index in [-0.39, 0.29) is 18.1 Å². The highest BCUT2D eigenvalue weighted by atomic mass is 16.2. The third kappa shape index (κ3) is 2.03. The Hall–Kier alpha value is -2.04. The fourth-order valence-corrected chi connectivity index (χ4v) is 2.13. The zero-order chi connectivity index (χ0) is 13.1. The van der Waals surface area contributed by atoms with E-state index in [1.54, 1.807) is 4.57 Å². The van der Waals surface area contributed by atoms with Gasteiger partial charge in [0.2, 0.25) is 5.91 Å². The molecule has 0 radical (unpaired) electrons. The van der Waals surface area contributed by atoms with Crippen LogP contribution in [0.5, 0.6) is 0 Å². The van der Waals surface area contributed by atoms with E-state index in [2.05, 4.69) is 5.32 Å². The van der Waals surface area contributed by atoms with Gasteiger partial charge in [-0.1, -0.05) is 12.1 Å². The van der Waals surface area contributed by atoms with E-state index in [1.165, 1.54) is 4.57 Å². The van der Waals surface area contributed by atoms with Crippen LogP contribution in [0.3, 0.4) is 0 Å². The van der Waals surface area contributed by atoms with E-state index >= 15 is 0 Å². The predicted octanol–water partition coefficient (Wildman–Crippen LogP) is 0.959. The number of rotatable bonds is 4. The number of hydrogen-bond donors (Lipinski definition) is 1. The number of benzene rings is 1. The van der Waals surface area contributed by atoms with E-state index in [0.29, 0.717) is 13.1 Å². The summed E-state index contributed by atoms with van der Waals surface area (Å²) in [5.74, 6) is -0.140. The lowest BCUT2D eigenvalue weighted by molar-refractivity contribution is -0.121. The molecule has 5 nitrogen and oxygen atoms in total. The predicted molar refractivity (Wildman–Crippen MR) is 70.6 cm³/mol. The average Bonchev–Trinajstić information content (AvgIpc) is 2.63. The van der Waals surface area contributed by atoms with Gasteiger partial charge in [-0.3, -0.25) is 13.9 Å². The summed E-state index contributed by atoms with van der Waals surface area (Å²) in [6.45, 7) is 5.02. The van der Waals surface area contributed by atoms with Gasteiger partial charge in [-0.15, -0.1) is 0 Å². The van der Waals surface area contributed by atoms with Crippen molar-refractivity contribution in [2.24, 2.45) is 0 Å². The Balaban J connectivity index is 2.53. The second-order valence-electron chi connectivity index (χ2n) is 4.06. The summed E-state index contributed by atoms with van der Waals surface area (Å²) in [5.41, 5.74) is 1.54. The van der Waals surface area contributed by atoms with Crippen LogP contribution < -0.4 is 11.0 Å². The first-order chi connectivity index (χ1) is 8.69. The van der Waals surface area contributed by atoms with Gasteiger partial charge in [0.05, 0.1) is 11.0 Å². The van der Waals surface area contributed by atoms with Crippen molar-refractivity contribution in [3.05, 3.63) is 34.7 Å². The average molecular weight is 247 g/mol. The van der Waals surface area contributed by atoms with Crippen LogP contribution in [0.4, 0.5) is 0 Å². The number of amides is 1. The van der Waals surface area contributed by atoms with Gasteiger partial charge in [-0.2, -0.15) is 0 Å². The molecule has 18 heavy (non-hydrogen) atoms. The number of likely N-dealkylation sites (N-methyl/N-ethyl adjacent to an activating group) is 1. The SMILES string of the molecule is CCNC(=O)Cn1c(=O)n(CC)c2ccccc21. The summed E-state index contributed by atoms with van der Waals surface area (Å²) in [5, 5.41) is 2.71. The molecule has 0 unspecified atom stereocenters. The number of aromatic nitrogens is 2. The Kier molecular flexibility index (Phi) is 3.50. The largest absolute Gasteiger partial charge is 0.355 e. The molecule has 0 aliphatic heterocycles. The third-order valence-electron chi connectivity index (χ3n) is 2.92. The van der Waals surface area contributed by atoms with Crippen molar-refractivity contribution in [1.82, 2.24) is 14.5 Å². The highest BCUT2D eigenvalue weighted by Crippen LogP contribution is 2.12. The first kappa shape index (κ1) is 12.4. The lowest BCUT2D eigenvalue weighted by atomic mass is 10.3. The smallest absolute Gasteiger partial charge is 0.329 e. The maximum Gasteiger partial charge on any atom is 0.329 e. The minimum Gasteiger partial charge on any atom is -0.355 e. The fourth-order valence-electron chi connectivity index (χ4n) is 2.13. The third-order valence-corrected chi connectivity index (χ3v) is 2.92. The summed E-state index contributed by atoms with van der Waals surface area (Å²) in [6, 6.07) is 7.52. The highest BCUT2D eigenvalue weighted by molar-refractivity contribution is 5.80. The normalized spacial score (nSPS) is 10.8. The van der Waals surface area contributed by atoms with Crippen molar-refractivity contribution in [1.29, 1.82) is 0 Å². The van der Waals surface area contributed by atoms with Crippen LogP contribution in [0.1, 0.15) is 13.8 Å². The van der Waals surface area contributed by atoms with Crippen molar-refractivity contribution in [2.75, 3.05) is 6.54 Å². The Labute approximate surface area is 105 Å². The summed E-state index contributed by atoms with van der Waals surface area (Å²) in [6.07, 6.45) is 0. The van der Waals surface area contributed by atoms with Gasteiger partial charge < -0.3 is 5.32 Å². The Bertz CT molecular complexity index is 625. The van der Waals surface area contributed by atoms with Gasteiger partial charge in [-0.25, -0.2) is 4.79 Å². The second kappa shape index (κ2) is 5.08. The number of fused-ring (bicyclic) bond motifs is 1. The zero-order valence-corrected chi connectivity index (χ0v) is 10.6. The van der Waals surface area contributed by atoms with Crippen LogP contribution in [-0.2, 0) is 17.9 Å². The van der Waals surface area contributed by atoms with Crippen molar-refractivity contribution in [3.63, 3.8) is 0 Å². The van der Waals surface area contributed by atoms with Crippen LogP contribution in [0.15, 0.2) is 29.1 Å². The molecule has 0 bridgehead atoms. The van der Waals surface area contributed by atoms with E-state index in [0.717, 1.165) is 11.0 Å². The quantitative estimate of drug-likeness (QED) is 0.875. The molecule has 1 amide bonds. The minimum atomic E-state index is -0.140. The van der Waals surface area contributed by atoms with E-state index in [4.69, 9.17) is 0 Å². The van der Waals surface area contributed by atoms with Gasteiger partial charge in [0.25, 0.3) is 0 Å². The van der Waals surface area contributed by atoms with Crippen LogP contribution >= 0.6 is 0 Å². The fraction of sp³-hybridized carbons (Fsp3) is 0.385. The molecular weight excluding hydrogens is 230 g/mol. The molecule has 1 aromatic carbocycles. The molecule has 0 saturated heterocycles. The van der Waals surface area contributed by atoms with Crippen LogP contribution in [-0.4, -0.2) is 21.6 Å². The number of hydrogen-bond acceptors (Lipinski definition) is 2. The molecule has 0 saturated carbocycles. The maximum absolute atomic E-state index is 12.2. The Morgan fingerprint density at radius 1 is 1.17 bits per heavy atom. The summed E-state index contributed by atoms with van der Waals surface area (Å²) in [7, 11) is 0. The van der Waals surface area contributed by atoms with E-state index in [9.17, 15) is 9.59 Å². The molecule has 0 aliphatic carbocycles. The minimum absolute atomic E-state index is 0.0696. The first-order valence-corrected chi connectivity index (χ1v) is 6.13. The molecule has 2 rings (SSSR count). The number of carbonyl (C=O) groups is 1. The number of para-hydroxylation sites is 2. The molecule has 0 aliphatic rings. The van der Waals surface area contributed by atoms with Crippen LogP contribution in [0.25, 0.3) is 11.0 Å². The van der Waals surface area contributed by atoms with Gasteiger partial charge in [0.1, 0.15) is 6.54 Å². The standard InChI is InChI=1S/C13H17N3O2/c1-3-14-12(17)9-16-11-8-6-5-7-10(11)15(4-2)13(16)18/h5-8H,3-4,9H2,1-2H3,(H,14,17). The Morgan fingerprint density at radius 2 is 1.78 bits per heavy atom. The molecule has 0 atom stereocenters. The maximum atomic E-state index is 12.2. The summed E-state index contributed by atoms with van der Waals surface area (Å²) < 4.78 is 3.19. The molecule has 1 N–H and O–H groups in total. The summed E-state index contributed by atoms with van der Waals surface area (Å²) in [4.78, 5) is 23.8. The number of nitrogens with zero attached hydrogens (tertiary/aromatic N) is 2. The molecule has 0 fully saturated rings. The topological polar surface area (TPSA) is 56.0 Å². The van der Waals surface area contributed by atoms with Gasteiger partial charge >= 0.3 is 5.69 Å². The molecule has 0 spiro atoms. The Morgan fingerprint density at radius 3 is 2.33 bits per heavy atom. The van der Waals surface area contributed by atoms with Crippen LogP contribution in [0.2, 0.25) is 0 Å². The van der Waals surface area contributed by atoms with Crippen LogP contribution in [0, 0.1) is 0 Å². The zero-order valence-electron chi connectivity index (χ0n) is 10.6. The van der Waals surface area contributed by atoms with E-state index < -0.39 is 0 Å². The lowest BCUT2D eigenvalue weighted by Gasteiger charge is -2.03. The highest BCUT2D eigenvalue weighted by Gasteiger charge is 2.13. The van der Waals surface area contributed by atoms with Gasteiger partial charge in [-0.05, 0) is 26.0 Å². The molecular formula is C13H17N3O2. The number of nitrogens with one attached hydrogen (secondary N) is 1. The summed E-state index contributed by atoms with van der Waals surface area (Å²) >= 11 is 0. The number of imidazole rings is 1.